The number of rotatable bonds is 2. The maximum absolute atomic E-state index is 12.7. The molecule has 0 aromatic carbocycles. The fourth-order valence-corrected chi connectivity index (χ4v) is 1.25. The summed E-state index contributed by atoms with van der Waals surface area (Å²) in [6.45, 7) is 0. The highest BCUT2D eigenvalue weighted by molar-refractivity contribution is 5.85. The summed E-state index contributed by atoms with van der Waals surface area (Å²) in [7, 11) is 0. The first-order valence-electron chi connectivity index (χ1n) is 4.00. The molecule has 6 heteroatoms. The minimum absolute atomic E-state index is 0. The molecule has 0 saturated heterocycles. The molecule has 2 rings (SSSR count). The molecular formula is C9H8ClFN2O2. The zero-order valence-corrected chi connectivity index (χ0v) is 8.37. The maximum Gasteiger partial charge on any atom is 0.309 e. The maximum atomic E-state index is 12.7. The lowest BCUT2D eigenvalue weighted by Crippen LogP contribution is -1.99. The highest BCUT2D eigenvalue weighted by Crippen LogP contribution is 2.07. The van der Waals surface area contributed by atoms with Crippen molar-refractivity contribution in [2.45, 2.75) is 6.42 Å². The van der Waals surface area contributed by atoms with Gasteiger partial charge in [-0.05, 0) is 6.07 Å². The van der Waals surface area contributed by atoms with Crippen LogP contribution in [0.25, 0.3) is 5.65 Å². The molecule has 15 heavy (non-hydrogen) atoms. The second kappa shape index (κ2) is 4.27. The molecule has 2 aromatic heterocycles. The third-order valence-corrected chi connectivity index (χ3v) is 1.80. The van der Waals surface area contributed by atoms with Crippen molar-refractivity contribution in [1.29, 1.82) is 0 Å². The molecule has 0 bridgehead atoms. The Morgan fingerprint density at radius 1 is 1.60 bits per heavy atom. The van der Waals surface area contributed by atoms with Gasteiger partial charge in [0.15, 0.2) is 0 Å². The van der Waals surface area contributed by atoms with Gasteiger partial charge < -0.3 is 9.51 Å². The van der Waals surface area contributed by atoms with Crippen LogP contribution in [0.4, 0.5) is 4.39 Å². The Bertz CT molecular complexity index is 498. The Morgan fingerprint density at radius 2 is 2.33 bits per heavy atom. The Labute approximate surface area is 90.8 Å². The Hall–Kier alpha value is -1.62. The number of carboxylic acid groups (broad SMARTS) is 1. The first kappa shape index (κ1) is 11.5. The van der Waals surface area contributed by atoms with Crippen molar-refractivity contribution in [1.82, 2.24) is 9.38 Å². The number of halogens is 2. The van der Waals surface area contributed by atoms with Crippen molar-refractivity contribution in [3.8, 4) is 0 Å². The van der Waals surface area contributed by atoms with Crippen LogP contribution in [0.5, 0.6) is 0 Å². The van der Waals surface area contributed by atoms with Crippen LogP contribution in [0.1, 0.15) is 5.69 Å². The summed E-state index contributed by atoms with van der Waals surface area (Å²) in [5, 5.41) is 8.52. The van der Waals surface area contributed by atoms with Gasteiger partial charge in [-0.15, -0.1) is 12.4 Å². The highest BCUT2D eigenvalue weighted by atomic mass is 35.5. The van der Waals surface area contributed by atoms with Crippen molar-refractivity contribution >= 4 is 24.0 Å². The number of fused-ring (bicyclic) bond motifs is 1. The summed E-state index contributed by atoms with van der Waals surface area (Å²) in [6, 6.07) is 2.55. The second-order valence-corrected chi connectivity index (χ2v) is 2.91. The molecule has 4 nitrogen and oxygen atoms in total. The molecule has 0 aliphatic carbocycles. The zero-order valence-electron chi connectivity index (χ0n) is 7.55. The lowest BCUT2D eigenvalue weighted by Gasteiger charge is -1.90. The average Bonchev–Trinajstić information content (AvgIpc) is 2.44. The van der Waals surface area contributed by atoms with Gasteiger partial charge in [0.2, 0.25) is 0 Å². The predicted molar refractivity (Wildman–Crippen MR) is 53.7 cm³/mol. The predicted octanol–water partition coefficient (Wildman–Crippen LogP) is 1.52. The topological polar surface area (TPSA) is 54.6 Å². The van der Waals surface area contributed by atoms with Gasteiger partial charge in [0.1, 0.15) is 11.5 Å². The summed E-state index contributed by atoms with van der Waals surface area (Å²) in [5.74, 6) is -1.33. The van der Waals surface area contributed by atoms with Crippen LogP contribution in [0.3, 0.4) is 0 Å². The Balaban J connectivity index is 0.00000112. The largest absolute Gasteiger partial charge is 0.481 e. The zero-order chi connectivity index (χ0) is 10.1. The molecule has 80 valence electrons. The quantitative estimate of drug-likeness (QED) is 0.851. The van der Waals surface area contributed by atoms with Gasteiger partial charge in [0.05, 0.1) is 12.1 Å². The van der Waals surface area contributed by atoms with Crippen LogP contribution in [0.15, 0.2) is 24.5 Å². The number of carbonyl (C=O) groups is 1. The van der Waals surface area contributed by atoms with E-state index in [9.17, 15) is 9.18 Å². The molecule has 0 spiro atoms. The van der Waals surface area contributed by atoms with Crippen LogP contribution < -0.4 is 0 Å². The second-order valence-electron chi connectivity index (χ2n) is 2.91. The van der Waals surface area contributed by atoms with E-state index in [2.05, 4.69) is 4.98 Å². The molecule has 0 saturated carbocycles. The van der Waals surface area contributed by atoms with E-state index >= 15 is 0 Å². The first-order chi connectivity index (χ1) is 6.65. The van der Waals surface area contributed by atoms with E-state index < -0.39 is 5.97 Å². The van der Waals surface area contributed by atoms with Crippen molar-refractivity contribution in [3.05, 3.63) is 36.0 Å². The molecule has 0 amide bonds. The molecule has 0 aliphatic heterocycles. The van der Waals surface area contributed by atoms with Crippen molar-refractivity contribution < 1.29 is 14.3 Å². The standard InChI is InChI=1S/C9H7FN2O2.ClH/c10-6-1-2-12-5-7(4-9(13)14)11-8(12)3-6;/h1-3,5H,4H2,(H,13,14);1H. The summed E-state index contributed by atoms with van der Waals surface area (Å²) in [4.78, 5) is 14.3. The number of nitrogens with zero attached hydrogens (tertiary/aromatic N) is 2. The Kier molecular flexibility index (Phi) is 3.26. The van der Waals surface area contributed by atoms with Gasteiger partial charge in [-0.2, -0.15) is 0 Å². The van der Waals surface area contributed by atoms with E-state index in [1.807, 2.05) is 0 Å². The molecule has 1 N–H and O–H groups in total. The van der Waals surface area contributed by atoms with Gasteiger partial charge in [-0.3, -0.25) is 4.79 Å². The fourth-order valence-electron chi connectivity index (χ4n) is 1.25. The molecule has 2 aromatic rings. The van der Waals surface area contributed by atoms with Gasteiger partial charge >= 0.3 is 5.97 Å². The smallest absolute Gasteiger partial charge is 0.309 e. The number of hydrogen-bond acceptors (Lipinski definition) is 2. The van der Waals surface area contributed by atoms with Gasteiger partial charge in [0.25, 0.3) is 0 Å². The number of hydrogen-bond donors (Lipinski definition) is 1. The fraction of sp³-hybridized carbons (Fsp3) is 0.111. The highest BCUT2D eigenvalue weighted by Gasteiger charge is 2.05. The van der Waals surface area contributed by atoms with Crippen molar-refractivity contribution in [2.24, 2.45) is 0 Å². The van der Waals surface area contributed by atoms with Crippen molar-refractivity contribution in [2.75, 3.05) is 0 Å². The third-order valence-electron chi connectivity index (χ3n) is 1.80. The van der Waals surface area contributed by atoms with Crippen LogP contribution in [0.2, 0.25) is 0 Å². The third kappa shape index (κ3) is 2.44. The van der Waals surface area contributed by atoms with E-state index in [0.717, 1.165) is 0 Å². The Morgan fingerprint density at radius 3 is 3.00 bits per heavy atom. The van der Waals surface area contributed by atoms with E-state index in [1.54, 1.807) is 10.6 Å². The number of carboxylic acids is 1. The first-order valence-corrected chi connectivity index (χ1v) is 4.00. The van der Waals surface area contributed by atoms with E-state index in [1.165, 1.54) is 18.3 Å². The molecule has 0 aliphatic rings. The van der Waals surface area contributed by atoms with E-state index in [0.29, 0.717) is 11.3 Å². The summed E-state index contributed by atoms with van der Waals surface area (Å²) in [5.41, 5.74) is 0.837. The number of aromatic nitrogens is 2. The molecule has 0 radical (unpaired) electrons. The summed E-state index contributed by atoms with van der Waals surface area (Å²) >= 11 is 0. The minimum atomic E-state index is -0.950. The molecule has 0 fully saturated rings. The molecule has 0 unspecified atom stereocenters. The van der Waals surface area contributed by atoms with Crippen LogP contribution in [0, 0.1) is 5.82 Å². The van der Waals surface area contributed by atoms with Crippen LogP contribution in [-0.4, -0.2) is 20.5 Å². The van der Waals surface area contributed by atoms with Crippen LogP contribution in [-0.2, 0) is 11.2 Å². The van der Waals surface area contributed by atoms with E-state index in [-0.39, 0.29) is 24.6 Å². The molecule has 2 heterocycles. The van der Waals surface area contributed by atoms with E-state index in [4.69, 9.17) is 5.11 Å². The monoisotopic (exact) mass is 230 g/mol. The molecular weight excluding hydrogens is 223 g/mol. The number of aliphatic carboxylic acids is 1. The average molecular weight is 231 g/mol. The normalized spacial score (nSPS) is 9.93. The van der Waals surface area contributed by atoms with Crippen molar-refractivity contribution in [3.63, 3.8) is 0 Å². The summed E-state index contributed by atoms with van der Waals surface area (Å²) in [6.07, 6.45) is 2.93. The minimum Gasteiger partial charge on any atom is -0.481 e. The number of imidazole rings is 1. The SMILES string of the molecule is Cl.O=C(O)Cc1cn2ccc(F)cc2n1. The summed E-state index contributed by atoms with van der Waals surface area (Å²) < 4.78 is 14.3. The van der Waals surface area contributed by atoms with Gasteiger partial charge in [-0.25, -0.2) is 9.37 Å². The van der Waals surface area contributed by atoms with Crippen LogP contribution >= 0.6 is 12.4 Å². The van der Waals surface area contributed by atoms with Gasteiger partial charge in [-0.1, -0.05) is 0 Å². The lowest BCUT2D eigenvalue weighted by molar-refractivity contribution is -0.136. The lowest BCUT2D eigenvalue weighted by atomic mass is 10.3. The van der Waals surface area contributed by atoms with Gasteiger partial charge in [0, 0.05) is 18.5 Å². The molecule has 0 atom stereocenters. The number of pyridine rings is 1.